The van der Waals surface area contributed by atoms with Crippen molar-refractivity contribution in [1.29, 1.82) is 0 Å². The number of ketones is 1. The molecule has 3 aromatic carbocycles. The van der Waals surface area contributed by atoms with E-state index < -0.39 is 27.8 Å². The Kier molecular flexibility index (Phi) is 5.68. The van der Waals surface area contributed by atoms with E-state index in [2.05, 4.69) is 4.90 Å². The van der Waals surface area contributed by atoms with Crippen molar-refractivity contribution in [3.05, 3.63) is 110 Å². The lowest BCUT2D eigenvalue weighted by Gasteiger charge is -2.46. The van der Waals surface area contributed by atoms with Crippen LogP contribution in [0.3, 0.4) is 0 Å². The molecule has 1 aliphatic rings. The third-order valence-electron chi connectivity index (χ3n) is 5.95. The molecular weight excluding hydrogens is 410 g/mol. The van der Waals surface area contributed by atoms with E-state index in [0.29, 0.717) is 11.1 Å². The normalized spacial score (nSPS) is 20.7. The van der Waals surface area contributed by atoms with E-state index in [9.17, 15) is 25.0 Å². The van der Waals surface area contributed by atoms with Crippen molar-refractivity contribution in [3.63, 3.8) is 0 Å². The average molecular weight is 431 g/mol. The molecule has 0 bridgehead atoms. The molecule has 3 atom stereocenters. The summed E-state index contributed by atoms with van der Waals surface area (Å²) < 4.78 is 0. The van der Waals surface area contributed by atoms with Gasteiger partial charge in [-0.05, 0) is 23.3 Å². The zero-order chi connectivity index (χ0) is 22.8. The Bertz CT molecular complexity index is 1180. The molecule has 162 valence electrons. The van der Waals surface area contributed by atoms with Crippen molar-refractivity contribution < 1.29 is 14.6 Å². The zero-order valence-corrected chi connectivity index (χ0v) is 17.3. The van der Waals surface area contributed by atoms with Gasteiger partial charge in [-0.2, -0.15) is 0 Å². The summed E-state index contributed by atoms with van der Waals surface area (Å²) in [6, 6.07) is 21.2. The fourth-order valence-corrected chi connectivity index (χ4v) is 4.42. The average Bonchev–Trinajstić information content (AvgIpc) is 2.81. The fraction of sp³-hybridized carbons (Fsp3) is 0.208. The number of anilines is 1. The van der Waals surface area contributed by atoms with Crippen LogP contribution in [0.1, 0.15) is 36.6 Å². The van der Waals surface area contributed by atoms with Crippen LogP contribution in [0.25, 0.3) is 0 Å². The van der Waals surface area contributed by atoms with Crippen molar-refractivity contribution in [2.24, 2.45) is 5.92 Å². The van der Waals surface area contributed by atoms with Crippen molar-refractivity contribution >= 4 is 22.8 Å². The Hall–Kier alpha value is -4.07. The molecule has 0 saturated carbocycles. The van der Waals surface area contributed by atoms with Crippen LogP contribution in [0, 0.1) is 26.1 Å². The SMILES string of the molecule is C[C@H]1C(=O)C[C@H](c2cccc([N+](=O)[O-])c2)N(c2ccccc2)[C@@H]1c1cccc([N+](=O)[O-])c1. The molecule has 1 saturated heterocycles. The molecule has 0 aromatic heterocycles. The molecular formula is C24H21N3O5. The van der Waals surface area contributed by atoms with E-state index in [0.717, 1.165) is 5.69 Å². The number of nitro groups is 2. The van der Waals surface area contributed by atoms with Gasteiger partial charge in [-0.15, -0.1) is 0 Å². The first-order valence-electron chi connectivity index (χ1n) is 10.2. The van der Waals surface area contributed by atoms with Gasteiger partial charge in [0.25, 0.3) is 11.4 Å². The molecule has 8 heteroatoms. The highest BCUT2D eigenvalue weighted by atomic mass is 16.6. The molecule has 0 radical (unpaired) electrons. The van der Waals surface area contributed by atoms with E-state index in [1.165, 1.54) is 24.3 Å². The topological polar surface area (TPSA) is 107 Å². The smallest absolute Gasteiger partial charge is 0.269 e. The van der Waals surface area contributed by atoms with Crippen LogP contribution in [0.5, 0.6) is 0 Å². The maximum absolute atomic E-state index is 13.1. The molecule has 8 nitrogen and oxygen atoms in total. The highest BCUT2D eigenvalue weighted by Crippen LogP contribution is 2.46. The summed E-state index contributed by atoms with van der Waals surface area (Å²) in [5.74, 6) is -0.419. The number of Topliss-reactive ketones (excluding diaryl/α,β-unsaturated/α-hetero) is 1. The van der Waals surface area contributed by atoms with Gasteiger partial charge in [0, 0.05) is 42.3 Å². The molecule has 0 spiro atoms. The largest absolute Gasteiger partial charge is 0.356 e. The molecule has 0 amide bonds. The predicted octanol–water partition coefficient (Wildman–Crippen LogP) is 5.40. The zero-order valence-electron chi connectivity index (χ0n) is 17.3. The molecule has 0 unspecified atom stereocenters. The number of para-hydroxylation sites is 1. The Morgan fingerprint density at radius 2 is 1.38 bits per heavy atom. The summed E-state index contributed by atoms with van der Waals surface area (Å²) in [6.07, 6.45) is 0.183. The summed E-state index contributed by atoms with van der Waals surface area (Å²) in [5.41, 5.74) is 2.04. The molecule has 3 aromatic rings. The van der Waals surface area contributed by atoms with Crippen LogP contribution in [-0.2, 0) is 4.79 Å². The molecule has 32 heavy (non-hydrogen) atoms. The Morgan fingerprint density at radius 1 is 0.812 bits per heavy atom. The van der Waals surface area contributed by atoms with Crippen molar-refractivity contribution in [3.8, 4) is 0 Å². The monoisotopic (exact) mass is 431 g/mol. The Labute approximate surface area is 184 Å². The number of nitro benzene ring substituents is 2. The highest BCUT2D eigenvalue weighted by molar-refractivity contribution is 5.85. The van der Waals surface area contributed by atoms with Gasteiger partial charge in [-0.25, -0.2) is 0 Å². The molecule has 4 rings (SSSR count). The van der Waals surface area contributed by atoms with E-state index in [-0.39, 0.29) is 23.6 Å². The summed E-state index contributed by atoms with van der Waals surface area (Å²) >= 11 is 0. The minimum Gasteiger partial charge on any atom is -0.356 e. The van der Waals surface area contributed by atoms with E-state index in [1.807, 2.05) is 37.3 Å². The van der Waals surface area contributed by atoms with Crippen molar-refractivity contribution in [1.82, 2.24) is 0 Å². The number of rotatable bonds is 5. The van der Waals surface area contributed by atoms with Crippen LogP contribution < -0.4 is 4.90 Å². The number of non-ortho nitro benzene ring substituents is 2. The maximum atomic E-state index is 13.1. The second-order valence-corrected chi connectivity index (χ2v) is 7.87. The van der Waals surface area contributed by atoms with E-state index in [1.54, 1.807) is 24.3 Å². The number of hydrogen-bond donors (Lipinski definition) is 0. The van der Waals surface area contributed by atoms with Gasteiger partial charge in [-0.3, -0.25) is 25.0 Å². The number of piperidine rings is 1. The van der Waals surface area contributed by atoms with Crippen LogP contribution in [0.15, 0.2) is 78.9 Å². The van der Waals surface area contributed by atoms with Gasteiger partial charge in [0.15, 0.2) is 0 Å². The summed E-state index contributed by atoms with van der Waals surface area (Å²) in [6.45, 7) is 1.82. The van der Waals surface area contributed by atoms with Gasteiger partial charge in [0.05, 0.1) is 21.9 Å². The third-order valence-corrected chi connectivity index (χ3v) is 5.95. The first-order chi connectivity index (χ1) is 15.4. The quantitative estimate of drug-likeness (QED) is 0.395. The lowest BCUT2D eigenvalue weighted by molar-refractivity contribution is -0.385. The molecule has 0 aliphatic carbocycles. The lowest BCUT2D eigenvalue weighted by atomic mass is 9.79. The molecule has 1 aliphatic heterocycles. The minimum atomic E-state index is -0.470. The fourth-order valence-electron chi connectivity index (χ4n) is 4.42. The number of benzene rings is 3. The van der Waals surface area contributed by atoms with Gasteiger partial charge >= 0.3 is 0 Å². The Balaban J connectivity index is 1.90. The molecule has 0 N–H and O–H groups in total. The van der Waals surface area contributed by atoms with E-state index >= 15 is 0 Å². The van der Waals surface area contributed by atoms with Gasteiger partial charge in [0.2, 0.25) is 0 Å². The predicted molar refractivity (Wildman–Crippen MR) is 119 cm³/mol. The second-order valence-electron chi connectivity index (χ2n) is 7.87. The van der Waals surface area contributed by atoms with Crippen LogP contribution in [0.4, 0.5) is 17.1 Å². The van der Waals surface area contributed by atoms with Crippen molar-refractivity contribution in [2.45, 2.75) is 25.4 Å². The van der Waals surface area contributed by atoms with Crippen LogP contribution >= 0.6 is 0 Å². The lowest BCUT2D eigenvalue weighted by Crippen LogP contribution is -2.45. The highest BCUT2D eigenvalue weighted by Gasteiger charge is 2.42. The van der Waals surface area contributed by atoms with Gasteiger partial charge in [-0.1, -0.05) is 49.4 Å². The summed E-state index contributed by atoms with van der Waals surface area (Å²) in [5, 5.41) is 22.7. The summed E-state index contributed by atoms with van der Waals surface area (Å²) in [7, 11) is 0. The first-order valence-corrected chi connectivity index (χ1v) is 10.2. The van der Waals surface area contributed by atoms with Crippen LogP contribution in [-0.4, -0.2) is 15.6 Å². The first kappa shape index (κ1) is 21.2. The third kappa shape index (κ3) is 3.94. The summed E-state index contributed by atoms with van der Waals surface area (Å²) in [4.78, 5) is 37.0. The standard InChI is InChI=1S/C24H21N3O5/c1-16-23(28)15-22(17-7-5-11-20(13-17)26(29)30)25(19-9-3-2-4-10-19)24(16)18-8-6-12-21(14-18)27(31)32/h2-14,16,22,24H,15H2,1H3/t16-,22+,24-/m0/s1. The van der Waals surface area contributed by atoms with Crippen LogP contribution in [0.2, 0.25) is 0 Å². The second kappa shape index (κ2) is 8.58. The minimum absolute atomic E-state index is 0.00481. The number of carbonyl (C=O) groups is 1. The van der Waals surface area contributed by atoms with E-state index in [4.69, 9.17) is 0 Å². The number of hydrogen-bond acceptors (Lipinski definition) is 6. The number of nitrogens with zero attached hydrogens (tertiary/aromatic N) is 3. The number of carbonyl (C=O) groups excluding carboxylic acids is 1. The molecule has 1 fully saturated rings. The maximum Gasteiger partial charge on any atom is 0.269 e. The van der Waals surface area contributed by atoms with Gasteiger partial charge in [0.1, 0.15) is 5.78 Å². The molecule has 1 heterocycles. The Morgan fingerprint density at radius 3 is 1.97 bits per heavy atom. The van der Waals surface area contributed by atoms with Gasteiger partial charge < -0.3 is 4.90 Å². The van der Waals surface area contributed by atoms with Crippen molar-refractivity contribution in [2.75, 3.05) is 4.90 Å².